The van der Waals surface area contributed by atoms with Gasteiger partial charge in [-0.1, -0.05) is 16.8 Å². The molecule has 5 rings (SSSR count). The molecule has 1 aliphatic heterocycles. The average molecular weight is 556 g/mol. The lowest BCUT2D eigenvalue weighted by molar-refractivity contribution is 0.180. The minimum absolute atomic E-state index is 0.454. The molecule has 0 radical (unpaired) electrons. The number of nitrogens with zero attached hydrogens (tertiary/aromatic N) is 6. The predicted molar refractivity (Wildman–Crippen MR) is 129 cm³/mol. The van der Waals surface area contributed by atoms with Crippen LogP contribution in [0.3, 0.4) is 0 Å². The predicted octanol–water partition coefficient (Wildman–Crippen LogP) is 3.52. The van der Waals surface area contributed by atoms with Crippen LogP contribution in [0, 0.1) is 5.92 Å². The molecule has 0 N–H and O–H groups in total. The molecule has 12 heteroatoms. The normalized spacial score (nSPS) is 18.2. The summed E-state index contributed by atoms with van der Waals surface area (Å²) in [5.74, 6) is 1.75. The summed E-state index contributed by atoms with van der Waals surface area (Å²) in [5.41, 5.74) is 2.55. The van der Waals surface area contributed by atoms with Gasteiger partial charge >= 0.3 is 0 Å². The Labute approximate surface area is 205 Å². The Balaban J connectivity index is 1.35. The molecule has 2 fully saturated rings. The van der Waals surface area contributed by atoms with E-state index in [2.05, 4.69) is 36.1 Å². The first-order valence-electron chi connectivity index (χ1n) is 10.8. The molecule has 1 aromatic carbocycles. The van der Waals surface area contributed by atoms with Gasteiger partial charge in [-0.2, -0.15) is 4.31 Å². The number of hydrogen-bond donors (Lipinski definition) is 0. The molecule has 0 amide bonds. The molecule has 33 heavy (non-hydrogen) atoms. The number of pyridine rings is 1. The zero-order valence-electron chi connectivity index (χ0n) is 18.1. The lowest BCUT2D eigenvalue weighted by Gasteiger charge is -2.33. The van der Waals surface area contributed by atoms with Gasteiger partial charge in [0.2, 0.25) is 15.9 Å². The first kappa shape index (κ1) is 23.0. The summed E-state index contributed by atoms with van der Waals surface area (Å²) < 4.78 is 33.9. The number of halogens is 2. The van der Waals surface area contributed by atoms with Crippen molar-refractivity contribution >= 4 is 48.6 Å². The highest BCUT2D eigenvalue weighted by Gasteiger charge is 2.26. The maximum atomic E-state index is 11.8. The molecule has 1 aliphatic carbocycles. The zero-order chi connectivity index (χ0) is 23.2. The van der Waals surface area contributed by atoms with Gasteiger partial charge < -0.3 is 4.74 Å². The summed E-state index contributed by atoms with van der Waals surface area (Å²) in [7, 11) is -3.17. The SMILES string of the molecule is CS(=O)(=O)N1CCN(Cc2cc(Cl)cnc2Oc2ccc3c(nnn3CC3CC3)c2Br)CC1. The third-order valence-corrected chi connectivity index (χ3v) is 8.29. The monoisotopic (exact) mass is 554 g/mol. The summed E-state index contributed by atoms with van der Waals surface area (Å²) in [5, 5.41) is 9.17. The van der Waals surface area contributed by atoms with E-state index in [1.54, 1.807) is 6.20 Å². The van der Waals surface area contributed by atoms with E-state index in [4.69, 9.17) is 16.3 Å². The Bertz CT molecular complexity index is 1290. The van der Waals surface area contributed by atoms with Gasteiger partial charge in [-0.15, -0.1) is 5.10 Å². The Morgan fingerprint density at radius 2 is 1.97 bits per heavy atom. The van der Waals surface area contributed by atoms with E-state index in [9.17, 15) is 8.42 Å². The van der Waals surface area contributed by atoms with Crippen LogP contribution < -0.4 is 4.74 Å². The molecule has 0 bridgehead atoms. The van der Waals surface area contributed by atoms with Crippen molar-refractivity contribution in [3.63, 3.8) is 0 Å². The Morgan fingerprint density at radius 1 is 1.21 bits per heavy atom. The van der Waals surface area contributed by atoms with Crippen LogP contribution >= 0.6 is 27.5 Å². The minimum atomic E-state index is -3.17. The van der Waals surface area contributed by atoms with E-state index in [-0.39, 0.29) is 0 Å². The highest BCUT2D eigenvalue weighted by molar-refractivity contribution is 9.10. The minimum Gasteiger partial charge on any atom is -0.437 e. The molecular formula is C21H24BrClN6O3S. The maximum Gasteiger partial charge on any atom is 0.223 e. The summed E-state index contributed by atoms with van der Waals surface area (Å²) in [6.45, 7) is 3.61. The van der Waals surface area contributed by atoms with E-state index in [0.29, 0.717) is 55.3 Å². The Kier molecular flexibility index (Phi) is 6.34. The van der Waals surface area contributed by atoms with Crippen LogP contribution in [-0.2, 0) is 23.1 Å². The van der Waals surface area contributed by atoms with Crippen LogP contribution in [0.15, 0.2) is 28.9 Å². The molecule has 3 heterocycles. The summed E-state index contributed by atoms with van der Waals surface area (Å²) in [6.07, 6.45) is 5.30. The quantitative estimate of drug-likeness (QED) is 0.440. The van der Waals surface area contributed by atoms with Crippen molar-refractivity contribution in [2.75, 3.05) is 32.4 Å². The number of benzene rings is 1. The second kappa shape index (κ2) is 9.10. The molecule has 176 valence electrons. The summed E-state index contributed by atoms with van der Waals surface area (Å²) in [6, 6.07) is 5.70. The molecule has 9 nitrogen and oxygen atoms in total. The molecule has 1 saturated carbocycles. The molecule has 2 aliphatic rings. The number of aromatic nitrogens is 4. The second-order valence-electron chi connectivity index (χ2n) is 8.62. The average Bonchev–Trinajstić information content (AvgIpc) is 3.49. The number of ether oxygens (including phenoxy) is 1. The van der Waals surface area contributed by atoms with E-state index in [0.717, 1.165) is 27.6 Å². The van der Waals surface area contributed by atoms with Gasteiger partial charge in [-0.25, -0.2) is 18.1 Å². The summed E-state index contributed by atoms with van der Waals surface area (Å²) >= 11 is 9.85. The van der Waals surface area contributed by atoms with Gasteiger partial charge in [0.25, 0.3) is 0 Å². The maximum absolute atomic E-state index is 11.8. The van der Waals surface area contributed by atoms with Crippen LogP contribution in [0.25, 0.3) is 11.0 Å². The van der Waals surface area contributed by atoms with Crippen molar-refractivity contribution < 1.29 is 13.2 Å². The van der Waals surface area contributed by atoms with Crippen molar-refractivity contribution in [2.45, 2.75) is 25.9 Å². The van der Waals surface area contributed by atoms with Gasteiger partial charge in [0, 0.05) is 51.0 Å². The van der Waals surface area contributed by atoms with Gasteiger partial charge in [0.05, 0.1) is 21.3 Å². The first-order valence-corrected chi connectivity index (χ1v) is 13.8. The zero-order valence-corrected chi connectivity index (χ0v) is 21.3. The van der Waals surface area contributed by atoms with Crippen LogP contribution in [0.2, 0.25) is 5.02 Å². The molecular weight excluding hydrogens is 532 g/mol. The fraction of sp³-hybridized carbons (Fsp3) is 0.476. The van der Waals surface area contributed by atoms with E-state index < -0.39 is 10.0 Å². The first-order chi connectivity index (χ1) is 15.8. The van der Waals surface area contributed by atoms with Crippen molar-refractivity contribution in [1.29, 1.82) is 0 Å². The smallest absolute Gasteiger partial charge is 0.223 e. The molecule has 2 aromatic heterocycles. The number of piperazine rings is 1. The van der Waals surface area contributed by atoms with E-state index in [1.807, 2.05) is 22.9 Å². The fourth-order valence-electron chi connectivity index (χ4n) is 3.98. The Hall–Kier alpha value is -1.79. The number of rotatable bonds is 7. The van der Waals surface area contributed by atoms with E-state index in [1.165, 1.54) is 23.4 Å². The molecule has 0 unspecified atom stereocenters. The van der Waals surface area contributed by atoms with Crippen LogP contribution in [0.5, 0.6) is 11.6 Å². The number of fused-ring (bicyclic) bond motifs is 1. The lowest BCUT2D eigenvalue weighted by atomic mass is 10.2. The molecule has 3 aromatic rings. The standard InChI is InChI=1S/C21H24BrClN6O3S/c1-33(30,31)28-8-6-27(7-9-28)13-15-10-16(23)11-24-21(15)32-18-5-4-17-20(19(18)22)25-26-29(17)12-14-2-3-14/h4-5,10-11,14H,2-3,6-9,12-13H2,1H3. The fourth-order valence-corrected chi connectivity index (χ4v) is 5.49. The summed E-state index contributed by atoms with van der Waals surface area (Å²) in [4.78, 5) is 6.59. The number of hydrogen-bond acceptors (Lipinski definition) is 7. The van der Waals surface area contributed by atoms with Gasteiger partial charge in [0.15, 0.2) is 0 Å². The topological polar surface area (TPSA) is 93.5 Å². The Morgan fingerprint density at radius 3 is 2.67 bits per heavy atom. The third kappa shape index (κ3) is 5.17. The van der Waals surface area contributed by atoms with Gasteiger partial charge in [-0.3, -0.25) is 4.90 Å². The highest BCUT2D eigenvalue weighted by Crippen LogP contribution is 2.37. The van der Waals surface area contributed by atoms with Gasteiger partial charge in [-0.05, 0) is 52.9 Å². The second-order valence-corrected chi connectivity index (χ2v) is 11.8. The van der Waals surface area contributed by atoms with Crippen molar-refractivity contribution in [3.05, 3.63) is 39.5 Å². The molecule has 0 atom stereocenters. The van der Waals surface area contributed by atoms with Crippen molar-refractivity contribution in [3.8, 4) is 11.6 Å². The molecule has 1 saturated heterocycles. The highest BCUT2D eigenvalue weighted by atomic mass is 79.9. The van der Waals surface area contributed by atoms with Crippen LogP contribution in [0.4, 0.5) is 0 Å². The van der Waals surface area contributed by atoms with Crippen LogP contribution in [-0.4, -0.2) is 70.0 Å². The van der Waals surface area contributed by atoms with Crippen molar-refractivity contribution in [2.24, 2.45) is 5.92 Å². The van der Waals surface area contributed by atoms with Crippen molar-refractivity contribution in [1.82, 2.24) is 29.2 Å². The largest absolute Gasteiger partial charge is 0.437 e. The number of sulfonamides is 1. The van der Waals surface area contributed by atoms with Crippen LogP contribution in [0.1, 0.15) is 18.4 Å². The lowest BCUT2D eigenvalue weighted by Crippen LogP contribution is -2.47. The van der Waals surface area contributed by atoms with E-state index >= 15 is 0 Å². The van der Waals surface area contributed by atoms with Gasteiger partial charge in [0.1, 0.15) is 11.3 Å². The third-order valence-electron chi connectivity index (χ3n) is 6.01. The molecule has 0 spiro atoms.